The SMILES string of the molecule is COc1cccc(C(=O)[C@H]2[C@H](c3ccccc3)C3(C(=O)c4ccccc4C3=O)[C@H]3C=Cc4cc(F)ccc4N23)c1. The molecule has 1 aliphatic carbocycles. The van der Waals surface area contributed by atoms with E-state index in [9.17, 15) is 18.8 Å². The highest BCUT2D eigenvalue weighted by molar-refractivity contribution is 6.32. The zero-order valence-corrected chi connectivity index (χ0v) is 21.6. The summed E-state index contributed by atoms with van der Waals surface area (Å²) in [6, 6.07) is 25.7. The predicted octanol–water partition coefficient (Wildman–Crippen LogP) is 6.15. The number of hydrogen-bond acceptors (Lipinski definition) is 5. The highest BCUT2D eigenvalue weighted by Crippen LogP contribution is 2.61. The highest BCUT2D eigenvalue weighted by Gasteiger charge is 2.71. The second-order valence-corrected chi connectivity index (χ2v) is 10.4. The van der Waals surface area contributed by atoms with E-state index in [0.29, 0.717) is 39.3 Å². The van der Waals surface area contributed by atoms with E-state index in [1.54, 1.807) is 66.7 Å². The monoisotopic (exact) mass is 529 g/mol. The first-order valence-corrected chi connectivity index (χ1v) is 13.1. The third-order valence-corrected chi connectivity index (χ3v) is 8.55. The highest BCUT2D eigenvalue weighted by atomic mass is 19.1. The third-order valence-electron chi connectivity index (χ3n) is 8.55. The van der Waals surface area contributed by atoms with Crippen molar-refractivity contribution in [3.05, 3.63) is 137 Å². The number of fused-ring (bicyclic) bond motifs is 5. The van der Waals surface area contributed by atoms with Crippen molar-refractivity contribution in [1.29, 1.82) is 0 Å². The lowest BCUT2D eigenvalue weighted by Crippen LogP contribution is -2.48. The van der Waals surface area contributed by atoms with Gasteiger partial charge in [-0.1, -0.05) is 78.9 Å². The van der Waals surface area contributed by atoms with Crippen LogP contribution in [0.5, 0.6) is 5.75 Å². The zero-order valence-electron chi connectivity index (χ0n) is 21.6. The van der Waals surface area contributed by atoms with Gasteiger partial charge >= 0.3 is 0 Å². The van der Waals surface area contributed by atoms with Gasteiger partial charge in [0.05, 0.1) is 13.2 Å². The van der Waals surface area contributed by atoms with Crippen LogP contribution in [0.25, 0.3) is 6.08 Å². The molecule has 0 amide bonds. The van der Waals surface area contributed by atoms with Gasteiger partial charge in [-0.3, -0.25) is 14.4 Å². The number of Topliss-reactive ketones (excluding diaryl/α,β-unsaturated/α-hetero) is 3. The van der Waals surface area contributed by atoms with E-state index in [1.165, 1.54) is 19.2 Å². The van der Waals surface area contributed by atoms with Crippen LogP contribution in [-0.4, -0.2) is 36.5 Å². The molecular weight excluding hydrogens is 505 g/mol. The Balaban J connectivity index is 1.54. The van der Waals surface area contributed by atoms with Gasteiger partial charge in [-0.25, -0.2) is 4.39 Å². The number of anilines is 1. The quantitative estimate of drug-likeness (QED) is 0.234. The Morgan fingerprint density at radius 3 is 2.25 bits per heavy atom. The number of benzene rings is 4. The van der Waals surface area contributed by atoms with E-state index in [1.807, 2.05) is 35.2 Å². The number of ether oxygens (including phenoxy) is 1. The first kappa shape index (κ1) is 24.2. The van der Waals surface area contributed by atoms with Gasteiger partial charge in [0.15, 0.2) is 17.3 Å². The minimum absolute atomic E-state index is 0.253. The molecule has 1 spiro atoms. The lowest BCUT2D eigenvalue weighted by molar-refractivity contribution is 0.0666. The number of carbonyl (C=O) groups is 3. The van der Waals surface area contributed by atoms with Crippen molar-refractivity contribution in [2.24, 2.45) is 5.41 Å². The van der Waals surface area contributed by atoms with Gasteiger partial charge in [0.2, 0.25) is 0 Å². The minimum atomic E-state index is -1.59. The maximum atomic E-state index is 14.6. The van der Waals surface area contributed by atoms with Gasteiger partial charge in [0, 0.05) is 33.9 Å². The Morgan fingerprint density at radius 2 is 1.55 bits per heavy atom. The molecule has 0 aromatic heterocycles. The fourth-order valence-electron chi connectivity index (χ4n) is 6.93. The molecule has 7 rings (SSSR count). The summed E-state index contributed by atoms with van der Waals surface area (Å²) in [7, 11) is 1.53. The molecule has 2 aliphatic heterocycles. The van der Waals surface area contributed by atoms with Gasteiger partial charge in [0.1, 0.15) is 23.0 Å². The van der Waals surface area contributed by atoms with E-state index in [4.69, 9.17) is 4.74 Å². The number of carbonyl (C=O) groups excluding carboxylic acids is 3. The van der Waals surface area contributed by atoms with Crippen molar-refractivity contribution >= 4 is 29.1 Å². The molecule has 2 heterocycles. The molecule has 6 heteroatoms. The van der Waals surface area contributed by atoms with Gasteiger partial charge in [0.25, 0.3) is 0 Å². The summed E-state index contributed by atoms with van der Waals surface area (Å²) in [6.07, 6.45) is 3.55. The topological polar surface area (TPSA) is 63.7 Å². The summed E-state index contributed by atoms with van der Waals surface area (Å²) in [6.45, 7) is 0. The fraction of sp³-hybridized carbons (Fsp3) is 0.147. The van der Waals surface area contributed by atoms with Gasteiger partial charge in [-0.15, -0.1) is 0 Å². The van der Waals surface area contributed by atoms with Crippen LogP contribution < -0.4 is 9.64 Å². The molecule has 0 N–H and O–H groups in total. The van der Waals surface area contributed by atoms with E-state index < -0.39 is 29.2 Å². The molecule has 0 saturated carbocycles. The molecule has 1 fully saturated rings. The van der Waals surface area contributed by atoms with Gasteiger partial charge in [-0.05, 0) is 35.9 Å². The second-order valence-electron chi connectivity index (χ2n) is 10.4. The Kier molecular flexibility index (Phi) is 5.36. The lowest BCUT2D eigenvalue weighted by atomic mass is 9.64. The summed E-state index contributed by atoms with van der Waals surface area (Å²) in [5.74, 6) is -1.55. The van der Waals surface area contributed by atoms with Crippen LogP contribution in [0.3, 0.4) is 0 Å². The summed E-state index contributed by atoms with van der Waals surface area (Å²) in [5, 5.41) is 0. The number of nitrogens with zero attached hydrogens (tertiary/aromatic N) is 1. The first-order chi connectivity index (χ1) is 19.5. The average Bonchev–Trinajstić information content (AvgIpc) is 3.43. The van der Waals surface area contributed by atoms with Crippen LogP contribution >= 0.6 is 0 Å². The Labute approximate surface area is 230 Å². The standard InChI is InChI=1S/C34H24FNO4/c1-40-24-11-7-10-22(19-24)31(37)30-29(20-8-3-2-4-9-20)34(32(38)25-12-5-6-13-26(25)33(34)39)28-17-14-21-18-23(35)15-16-27(21)36(28)30/h2-19,28-30H,1H3/t28-,29+,30-/m1/s1. The van der Waals surface area contributed by atoms with Crippen LogP contribution in [-0.2, 0) is 0 Å². The van der Waals surface area contributed by atoms with Crippen LogP contribution in [0.15, 0.2) is 103 Å². The smallest absolute Gasteiger partial charge is 0.186 e. The van der Waals surface area contributed by atoms with Crippen LogP contribution in [0.1, 0.15) is 48.1 Å². The van der Waals surface area contributed by atoms with Crippen LogP contribution in [0.2, 0.25) is 0 Å². The average molecular weight is 530 g/mol. The maximum absolute atomic E-state index is 14.6. The molecule has 40 heavy (non-hydrogen) atoms. The third kappa shape index (κ3) is 3.16. The molecule has 1 saturated heterocycles. The Hall–Kier alpha value is -4.84. The number of halogens is 1. The van der Waals surface area contributed by atoms with Crippen molar-refractivity contribution < 1.29 is 23.5 Å². The largest absolute Gasteiger partial charge is 0.497 e. The Morgan fingerprint density at radius 1 is 0.850 bits per heavy atom. The second kappa shape index (κ2) is 8.85. The van der Waals surface area contributed by atoms with Crippen molar-refractivity contribution in [2.45, 2.75) is 18.0 Å². The molecule has 196 valence electrons. The van der Waals surface area contributed by atoms with E-state index in [0.717, 1.165) is 0 Å². The Bertz CT molecular complexity index is 1710. The summed E-state index contributed by atoms with van der Waals surface area (Å²) in [5.41, 5.74) is 1.43. The van der Waals surface area contributed by atoms with Crippen molar-refractivity contribution in [2.75, 3.05) is 12.0 Å². The molecule has 0 unspecified atom stereocenters. The van der Waals surface area contributed by atoms with Crippen LogP contribution in [0.4, 0.5) is 10.1 Å². The normalized spacial score (nSPS) is 21.8. The van der Waals surface area contributed by atoms with Crippen molar-refractivity contribution in [3.8, 4) is 5.75 Å². The molecule has 3 aliphatic rings. The zero-order chi connectivity index (χ0) is 27.6. The predicted molar refractivity (Wildman–Crippen MR) is 150 cm³/mol. The number of rotatable bonds is 4. The molecule has 4 aromatic carbocycles. The lowest BCUT2D eigenvalue weighted by Gasteiger charge is -2.37. The maximum Gasteiger partial charge on any atom is 0.186 e. The molecule has 3 atom stereocenters. The molecule has 0 bridgehead atoms. The first-order valence-electron chi connectivity index (χ1n) is 13.1. The molecule has 5 nitrogen and oxygen atoms in total. The number of methoxy groups -OCH3 is 1. The van der Waals surface area contributed by atoms with Gasteiger partial charge in [-0.2, -0.15) is 0 Å². The van der Waals surface area contributed by atoms with Crippen molar-refractivity contribution in [1.82, 2.24) is 0 Å². The van der Waals surface area contributed by atoms with Gasteiger partial charge < -0.3 is 9.64 Å². The molecular formula is C34H24FNO4. The summed E-state index contributed by atoms with van der Waals surface area (Å²) < 4.78 is 19.7. The molecule has 4 aromatic rings. The number of ketones is 3. The van der Waals surface area contributed by atoms with E-state index in [-0.39, 0.29) is 17.3 Å². The summed E-state index contributed by atoms with van der Waals surface area (Å²) >= 11 is 0. The number of hydrogen-bond donors (Lipinski definition) is 0. The minimum Gasteiger partial charge on any atom is -0.497 e. The van der Waals surface area contributed by atoms with E-state index >= 15 is 0 Å². The van der Waals surface area contributed by atoms with Crippen molar-refractivity contribution in [3.63, 3.8) is 0 Å². The fourth-order valence-corrected chi connectivity index (χ4v) is 6.93. The van der Waals surface area contributed by atoms with E-state index in [2.05, 4.69) is 0 Å². The van der Waals surface area contributed by atoms with Crippen LogP contribution in [0, 0.1) is 11.2 Å². The summed E-state index contributed by atoms with van der Waals surface area (Å²) in [4.78, 5) is 45.6. The molecule has 0 radical (unpaired) electrons.